The number of carbonyl (C=O) groups is 1. The first-order valence-corrected chi connectivity index (χ1v) is 8.03. The Morgan fingerprint density at radius 2 is 2.13 bits per heavy atom. The van der Waals surface area contributed by atoms with E-state index < -0.39 is 11.7 Å². The lowest BCUT2D eigenvalue weighted by molar-refractivity contribution is -0.117. The monoisotopic (exact) mass is 369 g/mol. The third-order valence-corrected chi connectivity index (χ3v) is 4.43. The first-order chi connectivity index (χ1) is 11.0. The van der Waals surface area contributed by atoms with Crippen molar-refractivity contribution >= 4 is 46.1 Å². The van der Waals surface area contributed by atoms with E-state index in [1.807, 2.05) is 11.4 Å². The number of thiophene rings is 1. The van der Waals surface area contributed by atoms with Crippen LogP contribution in [0.2, 0.25) is 10.0 Å². The van der Waals surface area contributed by atoms with Gasteiger partial charge in [-0.3, -0.25) is 4.79 Å². The van der Waals surface area contributed by atoms with Crippen molar-refractivity contribution < 1.29 is 9.21 Å². The Labute approximate surface area is 144 Å². The summed E-state index contributed by atoms with van der Waals surface area (Å²) in [5, 5.41) is 9.16. The van der Waals surface area contributed by atoms with E-state index in [0.29, 0.717) is 20.6 Å². The van der Waals surface area contributed by atoms with E-state index in [9.17, 15) is 9.59 Å². The molecule has 0 radical (unpaired) electrons. The minimum absolute atomic E-state index is 0.187. The number of nitrogens with one attached hydrogen (secondary N) is 1. The zero-order valence-electron chi connectivity index (χ0n) is 11.5. The van der Waals surface area contributed by atoms with Crippen LogP contribution in [-0.4, -0.2) is 15.7 Å². The molecular weight excluding hydrogens is 361 g/mol. The van der Waals surface area contributed by atoms with Crippen LogP contribution in [0, 0.1) is 0 Å². The first kappa shape index (κ1) is 15.8. The Balaban J connectivity index is 1.73. The maximum absolute atomic E-state index is 12.0. The Bertz CT molecular complexity index is 902. The molecule has 2 heterocycles. The number of hydrogen-bond acceptors (Lipinski definition) is 5. The summed E-state index contributed by atoms with van der Waals surface area (Å²) in [6.07, 6.45) is 0. The van der Waals surface area contributed by atoms with E-state index in [4.69, 9.17) is 27.6 Å². The van der Waals surface area contributed by atoms with Gasteiger partial charge in [0.1, 0.15) is 6.54 Å². The van der Waals surface area contributed by atoms with E-state index in [-0.39, 0.29) is 12.4 Å². The third-order valence-electron chi connectivity index (χ3n) is 2.83. The number of rotatable bonds is 4. The molecule has 0 saturated carbocycles. The zero-order valence-corrected chi connectivity index (χ0v) is 13.8. The topological polar surface area (TPSA) is 77.1 Å². The smallest absolute Gasteiger partial charge is 0.387 e. The molecule has 1 aromatic carbocycles. The summed E-state index contributed by atoms with van der Waals surface area (Å²) >= 11 is 13.1. The van der Waals surface area contributed by atoms with Crippen molar-refractivity contribution in [3.8, 4) is 10.8 Å². The fourth-order valence-electron chi connectivity index (χ4n) is 1.82. The number of anilines is 1. The molecule has 0 atom stereocenters. The first-order valence-electron chi connectivity index (χ1n) is 6.39. The number of aromatic nitrogens is 2. The van der Waals surface area contributed by atoms with Crippen molar-refractivity contribution in [1.82, 2.24) is 9.78 Å². The quantitative estimate of drug-likeness (QED) is 0.763. The van der Waals surface area contributed by atoms with Gasteiger partial charge in [0.05, 0.1) is 14.9 Å². The molecule has 9 heteroatoms. The van der Waals surface area contributed by atoms with Gasteiger partial charge in [0, 0.05) is 5.69 Å². The van der Waals surface area contributed by atoms with Gasteiger partial charge >= 0.3 is 5.76 Å². The molecule has 2 aromatic heterocycles. The van der Waals surface area contributed by atoms with Crippen molar-refractivity contribution in [3.05, 3.63) is 56.3 Å². The van der Waals surface area contributed by atoms with E-state index in [2.05, 4.69) is 10.4 Å². The minimum Gasteiger partial charge on any atom is -0.387 e. The number of hydrogen-bond donors (Lipinski definition) is 1. The largest absolute Gasteiger partial charge is 0.437 e. The van der Waals surface area contributed by atoms with Crippen LogP contribution >= 0.6 is 34.5 Å². The molecule has 1 N–H and O–H groups in total. The fraction of sp³-hybridized carbons (Fsp3) is 0.0714. The van der Waals surface area contributed by atoms with E-state index in [1.54, 1.807) is 18.2 Å². The highest BCUT2D eigenvalue weighted by atomic mass is 35.5. The average molecular weight is 370 g/mol. The van der Waals surface area contributed by atoms with Gasteiger partial charge in [-0.25, -0.2) is 4.79 Å². The highest BCUT2D eigenvalue weighted by Gasteiger charge is 2.14. The van der Waals surface area contributed by atoms with Crippen LogP contribution < -0.4 is 11.1 Å². The van der Waals surface area contributed by atoms with Gasteiger partial charge in [-0.05, 0) is 29.6 Å². The molecule has 118 valence electrons. The number of carbonyl (C=O) groups excluding carboxylic acids is 1. The van der Waals surface area contributed by atoms with Crippen LogP contribution in [0.15, 0.2) is 44.9 Å². The molecule has 0 aliphatic rings. The minimum atomic E-state index is -0.697. The standard InChI is InChI=1S/C14H9Cl2N3O3S/c15-9-4-3-8(6-10(9)16)17-12(20)7-19-14(21)22-13(18-19)11-2-1-5-23-11/h1-6H,7H2,(H,17,20). The molecular formula is C14H9Cl2N3O3S. The molecule has 0 unspecified atom stereocenters. The molecule has 0 spiro atoms. The van der Waals surface area contributed by atoms with Crippen molar-refractivity contribution in [2.24, 2.45) is 0 Å². The average Bonchev–Trinajstić information content (AvgIpc) is 3.13. The van der Waals surface area contributed by atoms with Crippen LogP contribution in [-0.2, 0) is 11.3 Å². The van der Waals surface area contributed by atoms with E-state index in [1.165, 1.54) is 17.4 Å². The molecule has 0 saturated heterocycles. The normalized spacial score (nSPS) is 10.7. The number of amides is 1. The second kappa shape index (κ2) is 6.57. The van der Waals surface area contributed by atoms with Gasteiger partial charge in [-0.15, -0.1) is 16.4 Å². The maximum Gasteiger partial charge on any atom is 0.437 e. The predicted octanol–water partition coefficient (Wildman–Crippen LogP) is 3.51. The highest BCUT2D eigenvalue weighted by molar-refractivity contribution is 7.13. The molecule has 0 fully saturated rings. The molecule has 3 aromatic rings. The lowest BCUT2D eigenvalue weighted by Gasteiger charge is -2.05. The zero-order chi connectivity index (χ0) is 16.4. The van der Waals surface area contributed by atoms with Crippen LogP contribution in [0.25, 0.3) is 10.8 Å². The summed E-state index contributed by atoms with van der Waals surface area (Å²) in [5.74, 6) is -0.943. The van der Waals surface area contributed by atoms with Gasteiger partial charge in [0.25, 0.3) is 5.89 Å². The highest BCUT2D eigenvalue weighted by Crippen LogP contribution is 2.25. The number of benzene rings is 1. The third kappa shape index (κ3) is 3.64. The summed E-state index contributed by atoms with van der Waals surface area (Å²) in [4.78, 5) is 24.5. The fourth-order valence-corrected chi connectivity index (χ4v) is 2.76. The lowest BCUT2D eigenvalue weighted by Crippen LogP contribution is -2.25. The van der Waals surface area contributed by atoms with Crippen LogP contribution in [0.1, 0.15) is 0 Å². The van der Waals surface area contributed by atoms with Crippen LogP contribution in [0.4, 0.5) is 5.69 Å². The molecule has 0 aliphatic carbocycles. The van der Waals surface area contributed by atoms with Gasteiger partial charge < -0.3 is 9.73 Å². The van der Waals surface area contributed by atoms with Gasteiger partial charge in [-0.1, -0.05) is 29.3 Å². The van der Waals surface area contributed by atoms with Crippen LogP contribution in [0.3, 0.4) is 0 Å². The van der Waals surface area contributed by atoms with Gasteiger partial charge in [0.15, 0.2) is 0 Å². The second-order valence-electron chi connectivity index (χ2n) is 4.49. The number of nitrogens with zero attached hydrogens (tertiary/aromatic N) is 2. The molecule has 6 nitrogen and oxygen atoms in total. The Kier molecular flexibility index (Phi) is 4.51. The molecule has 1 amide bonds. The van der Waals surface area contributed by atoms with E-state index in [0.717, 1.165) is 4.68 Å². The van der Waals surface area contributed by atoms with Gasteiger partial charge in [0.2, 0.25) is 5.91 Å². The molecule has 0 bridgehead atoms. The van der Waals surface area contributed by atoms with Gasteiger partial charge in [-0.2, -0.15) is 4.68 Å². The molecule has 0 aliphatic heterocycles. The Hall–Kier alpha value is -2.09. The van der Waals surface area contributed by atoms with Crippen molar-refractivity contribution in [2.45, 2.75) is 6.54 Å². The summed E-state index contributed by atoms with van der Waals surface area (Å²) in [7, 11) is 0. The summed E-state index contributed by atoms with van der Waals surface area (Å²) < 4.78 is 5.99. The van der Waals surface area contributed by atoms with E-state index >= 15 is 0 Å². The summed E-state index contributed by atoms with van der Waals surface area (Å²) in [6.45, 7) is -0.270. The van der Waals surface area contributed by atoms with Crippen molar-refractivity contribution in [1.29, 1.82) is 0 Å². The Morgan fingerprint density at radius 1 is 1.30 bits per heavy atom. The Morgan fingerprint density at radius 3 is 2.83 bits per heavy atom. The summed E-state index contributed by atoms with van der Waals surface area (Å²) in [6, 6.07) is 8.28. The maximum atomic E-state index is 12.0. The van der Waals surface area contributed by atoms with Crippen LogP contribution in [0.5, 0.6) is 0 Å². The molecule has 23 heavy (non-hydrogen) atoms. The summed E-state index contributed by atoms with van der Waals surface area (Å²) in [5.41, 5.74) is 0.472. The van der Waals surface area contributed by atoms with Crippen molar-refractivity contribution in [3.63, 3.8) is 0 Å². The SMILES string of the molecule is O=C(Cn1nc(-c2cccs2)oc1=O)Nc1ccc(Cl)c(Cl)c1. The number of halogens is 2. The lowest BCUT2D eigenvalue weighted by atomic mass is 10.3. The molecule has 3 rings (SSSR count). The van der Waals surface area contributed by atoms with Crippen molar-refractivity contribution in [2.75, 3.05) is 5.32 Å². The predicted molar refractivity (Wildman–Crippen MR) is 89.2 cm³/mol. The second-order valence-corrected chi connectivity index (χ2v) is 6.25.